The molecule has 0 aliphatic heterocycles. The molecule has 0 aromatic carbocycles. The smallest absolute Gasteiger partial charge is 0.290 e. The van der Waals surface area contributed by atoms with Crippen molar-refractivity contribution in [2.75, 3.05) is 11.9 Å². The van der Waals surface area contributed by atoms with Crippen LogP contribution in [0.15, 0.2) is 35.3 Å². The van der Waals surface area contributed by atoms with E-state index in [1.807, 2.05) is 30.9 Å². The van der Waals surface area contributed by atoms with Gasteiger partial charge in [0.2, 0.25) is 5.88 Å². The zero-order valence-electron chi connectivity index (χ0n) is 17.9. The minimum atomic E-state index is -0.187. The number of nitrogens with zero attached hydrogens (tertiary/aromatic N) is 5. The second-order valence-corrected chi connectivity index (χ2v) is 7.96. The molecule has 1 fully saturated rings. The van der Waals surface area contributed by atoms with E-state index in [1.54, 1.807) is 13.1 Å². The third-order valence-corrected chi connectivity index (χ3v) is 5.57. The molecule has 3 heterocycles. The molecule has 0 spiro atoms. The van der Waals surface area contributed by atoms with Gasteiger partial charge < -0.3 is 10.1 Å². The first kappa shape index (κ1) is 20.1. The average molecular weight is 409 g/mol. The van der Waals surface area contributed by atoms with Crippen molar-refractivity contribution in [1.29, 1.82) is 0 Å². The van der Waals surface area contributed by atoms with Gasteiger partial charge in [-0.3, -0.25) is 14.5 Å². The number of nitrogens with one attached hydrogen (secondary N) is 1. The van der Waals surface area contributed by atoms with Crippen LogP contribution in [0.25, 0.3) is 0 Å². The Kier molecular flexibility index (Phi) is 5.57. The maximum atomic E-state index is 12.5. The van der Waals surface area contributed by atoms with Crippen LogP contribution in [0.5, 0.6) is 5.88 Å². The number of aryl methyl sites for hydroxylation is 4. The number of pyridine rings is 1. The summed E-state index contributed by atoms with van der Waals surface area (Å²) in [6, 6.07) is 7.91. The molecule has 158 valence electrons. The molecule has 0 unspecified atom stereocenters. The molecule has 3 aromatic heterocycles. The number of ether oxygens (including phenoxy) is 1. The minimum absolute atomic E-state index is 0.187. The van der Waals surface area contributed by atoms with E-state index in [1.165, 1.54) is 10.2 Å². The third-order valence-electron chi connectivity index (χ3n) is 5.57. The molecule has 3 aromatic rings. The highest BCUT2D eigenvalue weighted by atomic mass is 16.5. The van der Waals surface area contributed by atoms with Gasteiger partial charge in [0.15, 0.2) is 0 Å². The molecule has 2 atom stereocenters. The second-order valence-electron chi connectivity index (χ2n) is 7.96. The normalized spacial score (nSPS) is 17.7. The summed E-state index contributed by atoms with van der Waals surface area (Å²) in [6.45, 7) is 5.18. The summed E-state index contributed by atoms with van der Waals surface area (Å²) < 4.78 is 9.07. The number of aromatic nitrogens is 5. The molecule has 1 saturated carbocycles. The zero-order valence-corrected chi connectivity index (χ0v) is 17.9. The van der Waals surface area contributed by atoms with Crippen molar-refractivity contribution < 1.29 is 4.74 Å². The van der Waals surface area contributed by atoms with Gasteiger partial charge in [0.25, 0.3) is 5.56 Å². The number of hydrogen-bond acceptors (Lipinski definition) is 6. The lowest BCUT2D eigenvalue weighted by Crippen LogP contribution is -2.24. The van der Waals surface area contributed by atoms with Crippen molar-refractivity contribution in [3.8, 4) is 5.88 Å². The summed E-state index contributed by atoms with van der Waals surface area (Å²) in [5, 5.41) is 11.9. The Morgan fingerprint density at radius 3 is 2.73 bits per heavy atom. The van der Waals surface area contributed by atoms with E-state index in [9.17, 15) is 4.79 Å². The van der Waals surface area contributed by atoms with Gasteiger partial charge in [-0.15, -0.1) is 5.10 Å². The third kappa shape index (κ3) is 4.37. The fraction of sp³-hybridized carbons (Fsp3) is 0.455. The van der Waals surface area contributed by atoms with Gasteiger partial charge in [0.05, 0.1) is 24.5 Å². The quantitative estimate of drug-likeness (QED) is 0.616. The first-order valence-electron chi connectivity index (χ1n) is 10.3. The largest absolute Gasteiger partial charge is 0.476 e. The average Bonchev–Trinajstić information content (AvgIpc) is 3.42. The lowest BCUT2D eigenvalue weighted by molar-refractivity contribution is 0.278. The number of anilines is 1. The Bertz CT molecular complexity index is 1090. The Hall–Kier alpha value is -3.16. The van der Waals surface area contributed by atoms with Crippen LogP contribution in [0, 0.1) is 12.8 Å². The van der Waals surface area contributed by atoms with E-state index < -0.39 is 0 Å². The topological polar surface area (TPSA) is 86.9 Å². The molecular weight excluding hydrogens is 380 g/mol. The molecule has 0 saturated heterocycles. The van der Waals surface area contributed by atoms with Crippen molar-refractivity contribution >= 4 is 5.69 Å². The fourth-order valence-corrected chi connectivity index (χ4v) is 3.56. The molecular formula is C22H28N6O2. The Labute approximate surface area is 175 Å². The van der Waals surface area contributed by atoms with Crippen LogP contribution in [-0.2, 0) is 27.1 Å². The van der Waals surface area contributed by atoms with Gasteiger partial charge in [-0.1, -0.05) is 13.0 Å². The number of rotatable bonds is 8. The van der Waals surface area contributed by atoms with Crippen molar-refractivity contribution in [2.24, 2.45) is 20.0 Å². The van der Waals surface area contributed by atoms with Gasteiger partial charge >= 0.3 is 0 Å². The summed E-state index contributed by atoms with van der Waals surface area (Å²) in [7, 11) is 3.54. The predicted octanol–water partition coefficient (Wildman–Crippen LogP) is 2.57. The lowest BCUT2D eigenvalue weighted by Gasteiger charge is -2.11. The molecule has 0 amide bonds. The highest BCUT2D eigenvalue weighted by molar-refractivity contribution is 5.43. The highest BCUT2D eigenvalue weighted by Crippen LogP contribution is 2.46. The van der Waals surface area contributed by atoms with Crippen LogP contribution in [0.4, 0.5) is 5.69 Å². The summed E-state index contributed by atoms with van der Waals surface area (Å²) in [5.41, 5.74) is 4.61. The van der Waals surface area contributed by atoms with Crippen LogP contribution in [-0.4, -0.2) is 31.2 Å². The van der Waals surface area contributed by atoms with Crippen LogP contribution >= 0.6 is 0 Å². The van der Waals surface area contributed by atoms with E-state index in [2.05, 4.69) is 39.6 Å². The molecule has 0 radical (unpaired) electrons. The van der Waals surface area contributed by atoms with E-state index in [0.717, 1.165) is 29.9 Å². The van der Waals surface area contributed by atoms with E-state index in [4.69, 9.17) is 4.74 Å². The first-order chi connectivity index (χ1) is 14.4. The van der Waals surface area contributed by atoms with Crippen LogP contribution in [0.3, 0.4) is 0 Å². The molecule has 8 heteroatoms. The monoisotopic (exact) mass is 408 g/mol. The molecule has 8 nitrogen and oxygen atoms in total. The molecule has 0 bridgehead atoms. The van der Waals surface area contributed by atoms with E-state index in [0.29, 0.717) is 36.6 Å². The van der Waals surface area contributed by atoms with Crippen molar-refractivity contribution in [2.45, 2.75) is 39.2 Å². The molecule has 30 heavy (non-hydrogen) atoms. The fourth-order valence-electron chi connectivity index (χ4n) is 3.56. The SMILES string of the molecule is CCc1cc(CNc2cc(OC[C@H]3C[C@@H]3c3ccc(C)cn3)nn(C)c2=O)n(C)n1. The van der Waals surface area contributed by atoms with Crippen LogP contribution < -0.4 is 15.6 Å². The summed E-state index contributed by atoms with van der Waals surface area (Å²) in [4.78, 5) is 17.0. The zero-order chi connectivity index (χ0) is 21.3. The molecule has 4 rings (SSSR count). The minimum Gasteiger partial charge on any atom is -0.476 e. The van der Waals surface area contributed by atoms with Gasteiger partial charge in [-0.2, -0.15) is 5.10 Å². The number of hydrogen-bond donors (Lipinski definition) is 1. The van der Waals surface area contributed by atoms with Crippen molar-refractivity contribution in [1.82, 2.24) is 24.5 Å². The van der Waals surface area contributed by atoms with E-state index in [-0.39, 0.29) is 5.56 Å². The summed E-state index contributed by atoms with van der Waals surface area (Å²) in [6.07, 6.45) is 3.85. The van der Waals surface area contributed by atoms with Gasteiger partial charge in [0, 0.05) is 43.9 Å². The van der Waals surface area contributed by atoms with Gasteiger partial charge in [-0.25, -0.2) is 4.68 Å². The maximum absolute atomic E-state index is 12.5. The Morgan fingerprint density at radius 2 is 2.03 bits per heavy atom. The summed E-state index contributed by atoms with van der Waals surface area (Å²) in [5.74, 6) is 1.31. The van der Waals surface area contributed by atoms with Crippen molar-refractivity contribution in [3.63, 3.8) is 0 Å². The van der Waals surface area contributed by atoms with E-state index >= 15 is 0 Å². The molecule has 1 N–H and O–H groups in total. The van der Waals surface area contributed by atoms with Crippen LogP contribution in [0.1, 0.15) is 41.9 Å². The standard InChI is InChI=1S/C22H28N6O2/c1-5-16-9-17(27(3)25-16)12-24-20-10-21(26-28(4)22(20)29)30-13-15-8-18(15)19-7-6-14(2)11-23-19/h6-7,9-11,15,18,24H,5,8,12-13H2,1-4H3/t15-,18+/m1/s1. The van der Waals surface area contributed by atoms with Crippen LogP contribution in [0.2, 0.25) is 0 Å². The van der Waals surface area contributed by atoms with Gasteiger partial charge in [-0.05, 0) is 37.5 Å². The molecule has 1 aliphatic carbocycles. The lowest BCUT2D eigenvalue weighted by atomic mass is 10.2. The maximum Gasteiger partial charge on any atom is 0.290 e. The highest BCUT2D eigenvalue weighted by Gasteiger charge is 2.40. The second kappa shape index (κ2) is 8.30. The van der Waals surface area contributed by atoms with Gasteiger partial charge in [0.1, 0.15) is 5.69 Å². The molecule has 1 aliphatic rings. The van der Waals surface area contributed by atoms with Crippen molar-refractivity contribution in [3.05, 3.63) is 63.5 Å². The Morgan fingerprint density at radius 1 is 1.20 bits per heavy atom. The summed E-state index contributed by atoms with van der Waals surface area (Å²) >= 11 is 0. The first-order valence-corrected chi connectivity index (χ1v) is 10.3. The Balaban J connectivity index is 1.38. The predicted molar refractivity (Wildman–Crippen MR) is 115 cm³/mol.